The fraction of sp³-hybridized carbons (Fsp3) is 0. The molecule has 5 nitrogen and oxygen atoms in total. The van der Waals surface area contributed by atoms with Crippen LogP contribution in [0.15, 0.2) is 42.5 Å². The molecule has 0 saturated carbocycles. The lowest BCUT2D eigenvalue weighted by atomic mass is 9.97. The van der Waals surface area contributed by atoms with Crippen LogP contribution in [0.3, 0.4) is 0 Å². The van der Waals surface area contributed by atoms with Gasteiger partial charge in [-0.3, -0.25) is 0 Å². The number of aromatic carboxylic acids is 2. The van der Waals surface area contributed by atoms with Gasteiger partial charge in [0.1, 0.15) is 5.75 Å². The van der Waals surface area contributed by atoms with Gasteiger partial charge in [0.25, 0.3) is 0 Å². The van der Waals surface area contributed by atoms with Crippen molar-refractivity contribution in [3.05, 3.63) is 53.6 Å². The number of carbonyl (C=O) groups is 2. The molecular formula is C14H10O5. The van der Waals surface area contributed by atoms with Crippen molar-refractivity contribution in [3.63, 3.8) is 0 Å². The predicted octanol–water partition coefficient (Wildman–Crippen LogP) is 2.46. The summed E-state index contributed by atoms with van der Waals surface area (Å²) in [6, 6.07) is 9.91. The fourth-order valence-electron chi connectivity index (χ4n) is 1.75. The largest absolute Gasteiger partial charge is 0.508 e. The molecule has 2 aromatic rings. The topological polar surface area (TPSA) is 94.8 Å². The third-order valence-corrected chi connectivity index (χ3v) is 2.68. The molecule has 3 N–H and O–H groups in total. The number of hydrogen-bond donors (Lipinski definition) is 3. The van der Waals surface area contributed by atoms with Gasteiger partial charge in [-0.05, 0) is 35.4 Å². The minimum atomic E-state index is -1.20. The highest BCUT2D eigenvalue weighted by Gasteiger charge is 2.15. The van der Waals surface area contributed by atoms with Gasteiger partial charge in [0.2, 0.25) is 0 Å². The molecule has 0 spiro atoms. The molecule has 19 heavy (non-hydrogen) atoms. The summed E-state index contributed by atoms with van der Waals surface area (Å²) in [5.74, 6) is -2.31. The van der Waals surface area contributed by atoms with Crippen molar-refractivity contribution in [2.24, 2.45) is 0 Å². The van der Waals surface area contributed by atoms with Crippen LogP contribution < -0.4 is 0 Å². The van der Waals surface area contributed by atoms with E-state index in [9.17, 15) is 14.7 Å². The molecule has 0 atom stereocenters. The number of phenolic OH excluding ortho intramolecular Hbond substituents is 1. The van der Waals surface area contributed by atoms with Gasteiger partial charge in [-0.25, -0.2) is 9.59 Å². The van der Waals surface area contributed by atoms with Crippen LogP contribution in [0, 0.1) is 0 Å². The maximum atomic E-state index is 11.2. The van der Waals surface area contributed by atoms with Crippen molar-refractivity contribution in [2.45, 2.75) is 0 Å². The molecule has 2 aromatic carbocycles. The van der Waals surface area contributed by atoms with E-state index in [1.165, 1.54) is 24.3 Å². The second-order valence-corrected chi connectivity index (χ2v) is 3.92. The zero-order valence-corrected chi connectivity index (χ0v) is 9.70. The smallest absolute Gasteiger partial charge is 0.336 e. The highest BCUT2D eigenvalue weighted by molar-refractivity contribution is 5.99. The van der Waals surface area contributed by atoms with Gasteiger partial charge in [0, 0.05) is 0 Å². The molecule has 0 aliphatic carbocycles. The van der Waals surface area contributed by atoms with E-state index in [2.05, 4.69) is 0 Å². The van der Waals surface area contributed by atoms with Crippen molar-refractivity contribution in [2.75, 3.05) is 0 Å². The first kappa shape index (κ1) is 12.6. The fourth-order valence-corrected chi connectivity index (χ4v) is 1.75. The van der Waals surface area contributed by atoms with E-state index in [1.54, 1.807) is 12.1 Å². The van der Waals surface area contributed by atoms with Crippen LogP contribution >= 0.6 is 0 Å². The van der Waals surface area contributed by atoms with Gasteiger partial charge in [-0.1, -0.05) is 18.2 Å². The average molecular weight is 258 g/mol. The first-order valence-corrected chi connectivity index (χ1v) is 5.39. The number of carboxylic acid groups (broad SMARTS) is 2. The van der Waals surface area contributed by atoms with Gasteiger partial charge in [-0.15, -0.1) is 0 Å². The monoisotopic (exact) mass is 258 g/mol. The van der Waals surface area contributed by atoms with E-state index in [4.69, 9.17) is 10.2 Å². The average Bonchev–Trinajstić information content (AvgIpc) is 2.38. The second-order valence-electron chi connectivity index (χ2n) is 3.92. The van der Waals surface area contributed by atoms with E-state index in [0.29, 0.717) is 11.1 Å². The molecule has 0 heterocycles. The lowest BCUT2D eigenvalue weighted by molar-refractivity contribution is 0.0696. The Balaban J connectivity index is 2.59. The summed E-state index contributed by atoms with van der Waals surface area (Å²) < 4.78 is 0. The Morgan fingerprint density at radius 3 is 2.00 bits per heavy atom. The summed E-state index contributed by atoms with van der Waals surface area (Å²) in [4.78, 5) is 22.0. The quantitative estimate of drug-likeness (QED) is 0.786. The van der Waals surface area contributed by atoms with Crippen LogP contribution in [0.25, 0.3) is 11.1 Å². The summed E-state index contributed by atoms with van der Waals surface area (Å²) in [6.07, 6.45) is 0. The lowest BCUT2D eigenvalue weighted by Gasteiger charge is -2.07. The number of aromatic hydroxyl groups is 1. The van der Waals surface area contributed by atoms with Crippen molar-refractivity contribution in [1.29, 1.82) is 0 Å². The molecule has 0 saturated heterocycles. The van der Waals surface area contributed by atoms with Crippen molar-refractivity contribution in [1.82, 2.24) is 0 Å². The Morgan fingerprint density at radius 1 is 0.842 bits per heavy atom. The highest BCUT2D eigenvalue weighted by atomic mass is 16.4. The number of hydrogen-bond acceptors (Lipinski definition) is 3. The van der Waals surface area contributed by atoms with Gasteiger partial charge in [-0.2, -0.15) is 0 Å². The van der Waals surface area contributed by atoms with E-state index in [1.807, 2.05) is 0 Å². The summed E-state index contributed by atoms with van der Waals surface area (Å²) in [5, 5.41) is 27.2. The number of carboxylic acids is 2. The van der Waals surface area contributed by atoms with Gasteiger partial charge >= 0.3 is 11.9 Å². The third-order valence-electron chi connectivity index (χ3n) is 2.68. The van der Waals surface area contributed by atoms with E-state index in [0.717, 1.165) is 6.07 Å². The summed E-state index contributed by atoms with van der Waals surface area (Å²) >= 11 is 0. The molecule has 2 rings (SSSR count). The van der Waals surface area contributed by atoms with Gasteiger partial charge in [0.15, 0.2) is 0 Å². The lowest BCUT2D eigenvalue weighted by Crippen LogP contribution is -2.04. The van der Waals surface area contributed by atoms with Crippen LogP contribution in [0.1, 0.15) is 20.7 Å². The third kappa shape index (κ3) is 2.55. The number of benzene rings is 2. The highest BCUT2D eigenvalue weighted by Crippen LogP contribution is 2.26. The Labute approximate surface area is 108 Å². The molecule has 0 radical (unpaired) electrons. The standard InChI is InChI=1S/C14H10O5/c15-10-4-1-8(2-5-10)11-6-3-9(13(16)17)7-12(11)14(18)19/h1-7,15H,(H,16,17)(H,18,19). The van der Waals surface area contributed by atoms with E-state index < -0.39 is 11.9 Å². The molecule has 0 aromatic heterocycles. The molecule has 96 valence electrons. The second kappa shape index (κ2) is 4.81. The van der Waals surface area contributed by atoms with E-state index >= 15 is 0 Å². The maximum Gasteiger partial charge on any atom is 0.336 e. The van der Waals surface area contributed by atoms with Crippen molar-refractivity contribution >= 4 is 11.9 Å². The first-order valence-electron chi connectivity index (χ1n) is 5.39. The molecule has 0 amide bonds. The molecule has 5 heteroatoms. The number of phenols is 1. The summed E-state index contributed by atoms with van der Waals surface area (Å²) in [6.45, 7) is 0. The SMILES string of the molecule is O=C(O)c1ccc(-c2ccc(O)cc2)c(C(=O)O)c1. The van der Waals surface area contributed by atoms with Crippen LogP contribution in [0.4, 0.5) is 0 Å². The van der Waals surface area contributed by atoms with Crippen LogP contribution in [0.5, 0.6) is 5.75 Å². The Kier molecular flexibility index (Phi) is 3.20. The van der Waals surface area contributed by atoms with Crippen molar-refractivity contribution < 1.29 is 24.9 Å². The van der Waals surface area contributed by atoms with Crippen molar-refractivity contribution in [3.8, 4) is 16.9 Å². The molecule has 0 aliphatic rings. The molecule has 0 unspecified atom stereocenters. The van der Waals surface area contributed by atoms with Crippen LogP contribution in [-0.2, 0) is 0 Å². The first-order chi connectivity index (χ1) is 8.99. The zero-order chi connectivity index (χ0) is 14.0. The Hall–Kier alpha value is -2.82. The Bertz CT molecular complexity index is 643. The minimum Gasteiger partial charge on any atom is -0.508 e. The zero-order valence-electron chi connectivity index (χ0n) is 9.70. The number of rotatable bonds is 3. The van der Waals surface area contributed by atoms with Gasteiger partial charge in [0.05, 0.1) is 11.1 Å². The van der Waals surface area contributed by atoms with Crippen LogP contribution in [-0.4, -0.2) is 27.3 Å². The minimum absolute atomic E-state index is 0.0720. The van der Waals surface area contributed by atoms with Gasteiger partial charge < -0.3 is 15.3 Å². The predicted molar refractivity (Wildman–Crippen MR) is 67.5 cm³/mol. The maximum absolute atomic E-state index is 11.2. The molecule has 0 bridgehead atoms. The van der Waals surface area contributed by atoms with Crippen LogP contribution in [0.2, 0.25) is 0 Å². The molecular weight excluding hydrogens is 248 g/mol. The summed E-state index contributed by atoms with van der Waals surface area (Å²) in [7, 11) is 0. The molecule has 0 aliphatic heterocycles. The summed E-state index contributed by atoms with van der Waals surface area (Å²) in [5.41, 5.74) is 0.815. The Morgan fingerprint density at radius 2 is 1.47 bits per heavy atom. The normalized spacial score (nSPS) is 10.1. The molecule has 0 fully saturated rings. The van der Waals surface area contributed by atoms with E-state index in [-0.39, 0.29) is 16.9 Å².